The summed E-state index contributed by atoms with van der Waals surface area (Å²) in [5.74, 6) is 2.43. The van der Waals surface area contributed by atoms with Gasteiger partial charge in [-0.2, -0.15) is 0 Å². The number of ether oxygens (including phenoxy) is 1. The average molecular weight is 484 g/mol. The minimum atomic E-state index is -0.149. The van der Waals surface area contributed by atoms with Gasteiger partial charge in [-0.05, 0) is 67.0 Å². The third kappa shape index (κ3) is 4.57. The molecule has 1 aliphatic rings. The topological polar surface area (TPSA) is 35.1 Å². The number of aromatic nitrogens is 2. The van der Waals surface area contributed by atoms with E-state index in [2.05, 4.69) is 77.1 Å². The first-order valence-electron chi connectivity index (χ1n) is 11.3. The lowest BCUT2D eigenvalue weighted by Gasteiger charge is -2.36. The number of nitrogens with zero attached hydrogens (tertiary/aromatic N) is 2. The summed E-state index contributed by atoms with van der Waals surface area (Å²) in [6, 6.07) is 16.5. The highest BCUT2D eigenvalue weighted by atomic mass is 79.9. The van der Waals surface area contributed by atoms with E-state index in [1.54, 1.807) is 0 Å². The second kappa shape index (κ2) is 9.15. The molecule has 3 atom stereocenters. The fraction of sp³-hybridized carbons (Fsp3) is 0.462. The third-order valence-electron chi connectivity index (χ3n) is 6.74. The number of carbonyl (C=O) groups excluding carboxylic acids is 1. The first-order chi connectivity index (χ1) is 14.8. The minimum absolute atomic E-state index is 0.0166. The van der Waals surface area contributed by atoms with Crippen molar-refractivity contribution in [3.8, 4) is 11.4 Å². The van der Waals surface area contributed by atoms with Crippen molar-refractivity contribution >= 4 is 32.9 Å². The molecule has 31 heavy (non-hydrogen) atoms. The number of rotatable bonds is 5. The Labute approximate surface area is 193 Å². The van der Waals surface area contributed by atoms with E-state index in [0.29, 0.717) is 17.8 Å². The smallest absolute Gasteiger partial charge is 0.348 e. The zero-order valence-electron chi connectivity index (χ0n) is 18.8. The molecule has 164 valence electrons. The molecule has 1 saturated carbocycles. The van der Waals surface area contributed by atoms with Crippen molar-refractivity contribution in [2.45, 2.75) is 52.7 Å². The largest absolute Gasteiger partial charge is 0.459 e. The maximum absolute atomic E-state index is 13.2. The summed E-state index contributed by atoms with van der Waals surface area (Å²) < 4.78 is 11.4. The normalized spacial score (nSPS) is 21.5. The van der Waals surface area contributed by atoms with E-state index in [1.165, 1.54) is 6.42 Å². The standard InChI is InChI=1S/C26H32BrN2O2/c1-17(2)21-14-9-18(3)15-24(21)31-25(30)16-29-23-8-6-5-7-22(23)28(4)26(29)19-10-12-20(27)13-11-19/h5-8,10-13,17-18,21,24H,9,14-16H2,1-4H3/q+1/t18-,21-,24+/m1/s1. The molecule has 4 nitrogen and oxygen atoms in total. The van der Waals surface area contributed by atoms with Crippen LogP contribution < -0.4 is 4.57 Å². The molecule has 0 unspecified atom stereocenters. The number of para-hydroxylation sites is 2. The lowest BCUT2D eigenvalue weighted by atomic mass is 9.75. The lowest BCUT2D eigenvalue weighted by Crippen LogP contribution is -2.37. The molecular formula is C26H32BrN2O2+. The molecule has 5 heteroatoms. The monoisotopic (exact) mass is 483 g/mol. The fourth-order valence-electron chi connectivity index (χ4n) is 5.08. The third-order valence-corrected chi connectivity index (χ3v) is 7.27. The van der Waals surface area contributed by atoms with Crippen LogP contribution in [0, 0.1) is 17.8 Å². The van der Waals surface area contributed by atoms with E-state index in [9.17, 15) is 4.79 Å². The van der Waals surface area contributed by atoms with Gasteiger partial charge in [-0.1, -0.05) is 55.3 Å². The Morgan fingerprint density at radius 2 is 1.87 bits per heavy atom. The van der Waals surface area contributed by atoms with Gasteiger partial charge in [0.2, 0.25) is 0 Å². The second-order valence-corrected chi connectivity index (χ2v) is 10.2. The molecule has 4 rings (SSSR count). The minimum Gasteiger partial charge on any atom is -0.459 e. The number of hydrogen-bond acceptors (Lipinski definition) is 2. The Balaban J connectivity index is 1.67. The first-order valence-corrected chi connectivity index (χ1v) is 12.1. The molecule has 0 spiro atoms. The van der Waals surface area contributed by atoms with Gasteiger partial charge < -0.3 is 4.74 Å². The Bertz CT molecular complexity index is 1070. The summed E-state index contributed by atoms with van der Waals surface area (Å²) >= 11 is 3.52. The number of carbonyl (C=O) groups is 1. The van der Waals surface area contributed by atoms with Crippen molar-refractivity contribution in [2.75, 3.05) is 0 Å². The predicted octanol–water partition coefficient (Wildman–Crippen LogP) is 5.90. The number of fused-ring (bicyclic) bond motifs is 1. The summed E-state index contributed by atoms with van der Waals surface area (Å²) in [5, 5.41) is 0. The van der Waals surface area contributed by atoms with Crippen molar-refractivity contribution in [3.05, 3.63) is 53.0 Å². The molecule has 1 fully saturated rings. The van der Waals surface area contributed by atoms with Crippen LogP contribution in [0.5, 0.6) is 0 Å². The van der Waals surface area contributed by atoms with Gasteiger partial charge in [0.15, 0.2) is 17.6 Å². The van der Waals surface area contributed by atoms with Crippen molar-refractivity contribution in [1.29, 1.82) is 0 Å². The Hall–Kier alpha value is -2.14. The van der Waals surface area contributed by atoms with Crippen molar-refractivity contribution in [2.24, 2.45) is 24.8 Å². The van der Waals surface area contributed by atoms with Crippen LogP contribution >= 0.6 is 15.9 Å². The van der Waals surface area contributed by atoms with Gasteiger partial charge in [-0.3, -0.25) is 0 Å². The Morgan fingerprint density at radius 1 is 1.16 bits per heavy atom. The molecule has 0 aliphatic heterocycles. The van der Waals surface area contributed by atoms with Crippen molar-refractivity contribution in [1.82, 2.24) is 4.57 Å². The first kappa shape index (κ1) is 22.1. The maximum Gasteiger partial charge on any atom is 0.348 e. The maximum atomic E-state index is 13.2. The zero-order chi connectivity index (χ0) is 22.1. The summed E-state index contributed by atoms with van der Waals surface area (Å²) in [5.41, 5.74) is 3.21. The molecule has 3 aromatic rings. The molecular weight excluding hydrogens is 452 g/mol. The number of imidazole rings is 1. The number of aryl methyl sites for hydroxylation is 1. The number of hydrogen-bond donors (Lipinski definition) is 0. The summed E-state index contributed by atoms with van der Waals surface area (Å²) in [7, 11) is 2.05. The van der Waals surface area contributed by atoms with E-state index in [1.807, 2.05) is 24.3 Å². The lowest BCUT2D eigenvalue weighted by molar-refractivity contribution is -0.634. The quantitative estimate of drug-likeness (QED) is 0.334. The van der Waals surface area contributed by atoms with E-state index in [-0.39, 0.29) is 18.6 Å². The molecule has 0 saturated heterocycles. The summed E-state index contributed by atoms with van der Waals surface area (Å²) in [6.07, 6.45) is 3.35. The molecule has 1 aromatic heterocycles. The van der Waals surface area contributed by atoms with Crippen LogP contribution in [-0.4, -0.2) is 16.6 Å². The molecule has 2 aromatic carbocycles. The van der Waals surface area contributed by atoms with Crippen LogP contribution in [0.25, 0.3) is 22.4 Å². The van der Waals surface area contributed by atoms with E-state index in [0.717, 1.165) is 39.7 Å². The number of benzene rings is 2. The van der Waals surface area contributed by atoms with Gasteiger partial charge in [0.05, 0.1) is 12.6 Å². The van der Waals surface area contributed by atoms with Crippen LogP contribution in [0.2, 0.25) is 0 Å². The van der Waals surface area contributed by atoms with Crippen LogP contribution in [-0.2, 0) is 23.1 Å². The molecule has 0 amide bonds. The van der Waals surface area contributed by atoms with Crippen molar-refractivity contribution in [3.63, 3.8) is 0 Å². The van der Waals surface area contributed by atoms with Crippen LogP contribution in [0.1, 0.15) is 40.0 Å². The van der Waals surface area contributed by atoms with Crippen molar-refractivity contribution < 1.29 is 14.1 Å². The van der Waals surface area contributed by atoms with Crippen LogP contribution in [0.4, 0.5) is 0 Å². The number of esters is 1. The zero-order valence-corrected chi connectivity index (χ0v) is 20.4. The summed E-state index contributed by atoms with van der Waals surface area (Å²) in [6.45, 7) is 6.96. The average Bonchev–Trinajstić information content (AvgIpc) is 3.00. The van der Waals surface area contributed by atoms with Gasteiger partial charge in [-0.25, -0.2) is 13.9 Å². The Morgan fingerprint density at radius 3 is 2.58 bits per heavy atom. The predicted molar refractivity (Wildman–Crippen MR) is 127 cm³/mol. The molecule has 1 aliphatic carbocycles. The van der Waals surface area contributed by atoms with Gasteiger partial charge in [0.1, 0.15) is 6.10 Å². The SMILES string of the molecule is CC(C)[C@H]1CC[C@@H](C)C[C@@H]1OC(=O)Cn1c(-c2ccc(Br)cc2)[n+](C)c2ccccc21. The van der Waals surface area contributed by atoms with Gasteiger partial charge >= 0.3 is 5.97 Å². The van der Waals surface area contributed by atoms with Gasteiger partial charge in [-0.15, -0.1) is 0 Å². The molecule has 0 radical (unpaired) electrons. The van der Waals surface area contributed by atoms with E-state index >= 15 is 0 Å². The fourth-order valence-corrected chi connectivity index (χ4v) is 5.34. The highest BCUT2D eigenvalue weighted by Gasteiger charge is 2.34. The number of halogens is 1. The summed E-state index contributed by atoms with van der Waals surface area (Å²) in [4.78, 5) is 13.2. The van der Waals surface area contributed by atoms with Gasteiger partial charge in [0.25, 0.3) is 5.82 Å². The van der Waals surface area contributed by atoms with E-state index < -0.39 is 0 Å². The van der Waals surface area contributed by atoms with Crippen LogP contribution in [0.15, 0.2) is 53.0 Å². The highest BCUT2D eigenvalue weighted by Crippen LogP contribution is 2.35. The molecule has 1 heterocycles. The van der Waals surface area contributed by atoms with E-state index in [4.69, 9.17) is 4.74 Å². The Kier molecular flexibility index (Phi) is 6.52. The van der Waals surface area contributed by atoms with Crippen LogP contribution in [0.3, 0.4) is 0 Å². The highest BCUT2D eigenvalue weighted by molar-refractivity contribution is 9.10. The molecule has 0 bridgehead atoms. The second-order valence-electron chi connectivity index (χ2n) is 9.32. The van der Waals surface area contributed by atoms with Gasteiger partial charge in [0, 0.05) is 4.47 Å². The molecule has 0 N–H and O–H groups in total.